The lowest BCUT2D eigenvalue weighted by Gasteiger charge is -2.23. The molecule has 1 aromatic carbocycles. The first-order valence-corrected chi connectivity index (χ1v) is 7.21. The second-order valence-corrected chi connectivity index (χ2v) is 5.31. The summed E-state index contributed by atoms with van der Waals surface area (Å²) in [5.74, 6) is 1.16. The van der Waals surface area contributed by atoms with Gasteiger partial charge in [0.05, 0.1) is 33.0 Å². The first-order valence-electron chi connectivity index (χ1n) is 6.42. The van der Waals surface area contributed by atoms with Gasteiger partial charge in [0.25, 0.3) is 0 Å². The zero-order valence-electron chi connectivity index (χ0n) is 11.6. The number of nitrogens with one attached hydrogen (secondary N) is 1. The van der Waals surface area contributed by atoms with E-state index in [1.807, 2.05) is 0 Å². The molecule has 1 fully saturated rings. The molecule has 1 aromatic rings. The van der Waals surface area contributed by atoms with Crippen molar-refractivity contribution in [1.29, 1.82) is 0 Å². The molecule has 0 spiro atoms. The number of methoxy groups -OCH3 is 2. The van der Waals surface area contributed by atoms with Crippen molar-refractivity contribution in [3.63, 3.8) is 0 Å². The van der Waals surface area contributed by atoms with Crippen molar-refractivity contribution < 1.29 is 19.0 Å². The van der Waals surface area contributed by atoms with Crippen LogP contribution in [0.1, 0.15) is 16.8 Å². The number of hydrogen-bond acceptors (Lipinski definition) is 5. The molecule has 110 valence electrons. The average molecular weight is 344 g/mol. The number of Topliss-reactive ketones (excluding diaryl/α,β-unsaturated/α-hetero) is 1. The summed E-state index contributed by atoms with van der Waals surface area (Å²) in [5, 5.41) is 3.27. The Balaban J connectivity index is 2.18. The number of carbonyl (C=O) groups excluding carboxylic acids is 1. The fourth-order valence-corrected chi connectivity index (χ4v) is 2.87. The summed E-state index contributed by atoms with van der Waals surface area (Å²) < 4.78 is 16.5. The van der Waals surface area contributed by atoms with E-state index in [1.165, 1.54) is 7.11 Å². The highest BCUT2D eigenvalue weighted by molar-refractivity contribution is 9.10. The molecule has 0 saturated carbocycles. The minimum atomic E-state index is 0.0215. The van der Waals surface area contributed by atoms with E-state index >= 15 is 0 Å². The number of ketones is 1. The quantitative estimate of drug-likeness (QED) is 0.829. The normalized spacial score (nSPS) is 18.6. The van der Waals surface area contributed by atoms with E-state index in [4.69, 9.17) is 14.2 Å². The highest BCUT2D eigenvalue weighted by atomic mass is 79.9. The number of benzene rings is 1. The summed E-state index contributed by atoms with van der Waals surface area (Å²) in [5.41, 5.74) is 0.549. The Morgan fingerprint density at radius 2 is 2.25 bits per heavy atom. The van der Waals surface area contributed by atoms with E-state index in [9.17, 15) is 4.79 Å². The third-order valence-corrected chi connectivity index (χ3v) is 3.97. The maximum Gasteiger partial charge on any atom is 0.168 e. The highest BCUT2D eigenvalue weighted by Crippen LogP contribution is 2.37. The Labute approximate surface area is 126 Å². The van der Waals surface area contributed by atoms with Gasteiger partial charge in [0, 0.05) is 19.0 Å². The van der Waals surface area contributed by atoms with Gasteiger partial charge in [0.15, 0.2) is 5.78 Å². The molecule has 1 aliphatic heterocycles. The van der Waals surface area contributed by atoms with Crippen LogP contribution in [0.5, 0.6) is 11.5 Å². The second kappa shape index (κ2) is 7.06. The van der Waals surface area contributed by atoms with Crippen LogP contribution in [0.4, 0.5) is 0 Å². The topological polar surface area (TPSA) is 56.8 Å². The Bertz CT molecular complexity index is 486. The molecule has 0 radical (unpaired) electrons. The molecule has 1 aliphatic rings. The lowest BCUT2D eigenvalue weighted by atomic mass is 10.0. The van der Waals surface area contributed by atoms with Gasteiger partial charge < -0.3 is 19.5 Å². The SMILES string of the molecule is COc1ccc(C(=O)CC2COCCN2)c(OC)c1Br. The smallest absolute Gasteiger partial charge is 0.168 e. The fourth-order valence-electron chi connectivity index (χ4n) is 2.20. The molecule has 1 atom stereocenters. The molecule has 1 saturated heterocycles. The Morgan fingerprint density at radius 3 is 2.85 bits per heavy atom. The number of carbonyl (C=O) groups is 1. The molecule has 2 rings (SSSR count). The van der Waals surface area contributed by atoms with Gasteiger partial charge in [0.1, 0.15) is 16.0 Å². The number of hydrogen-bond donors (Lipinski definition) is 1. The molecule has 0 aromatic heterocycles. The van der Waals surface area contributed by atoms with Gasteiger partial charge in [-0.1, -0.05) is 0 Å². The van der Waals surface area contributed by atoms with Gasteiger partial charge >= 0.3 is 0 Å². The number of rotatable bonds is 5. The van der Waals surface area contributed by atoms with Crippen LogP contribution in [0.15, 0.2) is 16.6 Å². The van der Waals surface area contributed by atoms with E-state index in [0.29, 0.717) is 41.2 Å². The summed E-state index contributed by atoms with van der Waals surface area (Å²) in [6.07, 6.45) is 0.384. The van der Waals surface area contributed by atoms with Crippen molar-refractivity contribution in [2.24, 2.45) is 0 Å². The van der Waals surface area contributed by atoms with Gasteiger partial charge in [0.2, 0.25) is 0 Å². The highest BCUT2D eigenvalue weighted by Gasteiger charge is 2.22. The van der Waals surface area contributed by atoms with Crippen molar-refractivity contribution in [3.8, 4) is 11.5 Å². The van der Waals surface area contributed by atoms with Crippen LogP contribution in [0.2, 0.25) is 0 Å². The van der Waals surface area contributed by atoms with Crippen molar-refractivity contribution in [2.75, 3.05) is 34.0 Å². The summed E-state index contributed by atoms with van der Waals surface area (Å²) in [4.78, 5) is 12.4. The third kappa shape index (κ3) is 3.31. The largest absolute Gasteiger partial charge is 0.495 e. The van der Waals surface area contributed by atoms with Crippen LogP contribution in [0, 0.1) is 0 Å². The molecule has 0 aliphatic carbocycles. The molecule has 5 nitrogen and oxygen atoms in total. The second-order valence-electron chi connectivity index (χ2n) is 4.52. The van der Waals surface area contributed by atoms with Gasteiger partial charge in [-0.15, -0.1) is 0 Å². The van der Waals surface area contributed by atoms with E-state index in [1.54, 1.807) is 19.2 Å². The van der Waals surface area contributed by atoms with E-state index in [2.05, 4.69) is 21.2 Å². The first-order chi connectivity index (χ1) is 9.67. The van der Waals surface area contributed by atoms with E-state index < -0.39 is 0 Å². The molecule has 20 heavy (non-hydrogen) atoms. The Morgan fingerprint density at radius 1 is 1.45 bits per heavy atom. The standard InChI is InChI=1S/C14H18BrNO4/c1-18-12-4-3-10(14(19-2)13(12)15)11(17)7-9-8-20-6-5-16-9/h3-4,9,16H,5-8H2,1-2H3. The number of halogens is 1. The Kier molecular flexibility index (Phi) is 5.39. The lowest BCUT2D eigenvalue weighted by Crippen LogP contribution is -2.42. The van der Waals surface area contributed by atoms with E-state index in [0.717, 1.165) is 6.54 Å². The van der Waals surface area contributed by atoms with Crippen LogP contribution in [-0.4, -0.2) is 45.8 Å². The molecule has 0 bridgehead atoms. The van der Waals surface area contributed by atoms with Gasteiger partial charge in [-0.25, -0.2) is 0 Å². The summed E-state index contributed by atoms with van der Waals surface area (Å²) in [7, 11) is 3.11. The molecule has 1 unspecified atom stereocenters. The molecule has 6 heteroatoms. The predicted octanol–water partition coefficient (Wildman–Crippen LogP) is 2.03. The summed E-state index contributed by atoms with van der Waals surface area (Å²) in [6.45, 7) is 2.04. The van der Waals surface area contributed by atoms with Crippen LogP contribution >= 0.6 is 15.9 Å². The van der Waals surface area contributed by atoms with Gasteiger partial charge in [-0.3, -0.25) is 4.79 Å². The monoisotopic (exact) mass is 343 g/mol. The van der Waals surface area contributed by atoms with Gasteiger partial charge in [-0.05, 0) is 28.1 Å². The van der Waals surface area contributed by atoms with Crippen molar-refractivity contribution >= 4 is 21.7 Å². The molecule has 1 N–H and O–H groups in total. The van der Waals surface area contributed by atoms with Crippen molar-refractivity contribution in [1.82, 2.24) is 5.32 Å². The number of morpholine rings is 1. The predicted molar refractivity (Wildman–Crippen MR) is 78.8 cm³/mol. The molecular weight excluding hydrogens is 326 g/mol. The zero-order chi connectivity index (χ0) is 14.5. The fraction of sp³-hybridized carbons (Fsp3) is 0.500. The van der Waals surface area contributed by atoms with Crippen molar-refractivity contribution in [2.45, 2.75) is 12.5 Å². The maximum atomic E-state index is 12.4. The van der Waals surface area contributed by atoms with Gasteiger partial charge in [-0.2, -0.15) is 0 Å². The third-order valence-electron chi connectivity index (χ3n) is 3.22. The molecular formula is C14H18BrNO4. The summed E-state index contributed by atoms with van der Waals surface area (Å²) in [6, 6.07) is 3.54. The lowest BCUT2D eigenvalue weighted by molar-refractivity contribution is 0.0675. The minimum Gasteiger partial charge on any atom is -0.495 e. The average Bonchev–Trinajstić information content (AvgIpc) is 2.47. The number of ether oxygens (including phenoxy) is 3. The van der Waals surface area contributed by atoms with Crippen LogP contribution in [0.25, 0.3) is 0 Å². The van der Waals surface area contributed by atoms with Crippen LogP contribution < -0.4 is 14.8 Å². The zero-order valence-corrected chi connectivity index (χ0v) is 13.2. The van der Waals surface area contributed by atoms with Crippen LogP contribution in [-0.2, 0) is 4.74 Å². The van der Waals surface area contributed by atoms with Crippen molar-refractivity contribution in [3.05, 3.63) is 22.2 Å². The Hall–Kier alpha value is -1.11. The molecule has 1 heterocycles. The minimum absolute atomic E-state index is 0.0215. The van der Waals surface area contributed by atoms with Crippen LogP contribution in [0.3, 0.4) is 0 Å². The molecule has 0 amide bonds. The summed E-state index contributed by atoms with van der Waals surface area (Å²) >= 11 is 3.40. The van der Waals surface area contributed by atoms with E-state index in [-0.39, 0.29) is 11.8 Å². The maximum absolute atomic E-state index is 12.4. The first kappa shape index (κ1) is 15.3.